The first-order valence-corrected chi connectivity index (χ1v) is 19.8. The number of fused-ring (bicyclic) bond motifs is 8. The molecule has 0 aliphatic heterocycles. The highest BCUT2D eigenvalue weighted by Crippen LogP contribution is 2.39. The first-order chi connectivity index (χ1) is 29.2. The van der Waals surface area contributed by atoms with Gasteiger partial charge in [-0.15, -0.1) is 0 Å². The normalized spacial score (nSPS) is 12.4. The van der Waals surface area contributed by atoms with Crippen LogP contribution >= 0.6 is 0 Å². The molecule has 11 aromatic rings. The molecule has 278 valence electrons. The van der Waals surface area contributed by atoms with Crippen LogP contribution in [0.3, 0.4) is 0 Å². The molecule has 0 atom stereocenters. The van der Waals surface area contributed by atoms with Crippen LogP contribution in [0.5, 0.6) is 0 Å². The van der Waals surface area contributed by atoms with Crippen LogP contribution in [-0.2, 0) is 6.54 Å². The number of furan rings is 1. The first-order valence-electron chi connectivity index (χ1n) is 19.8. The fourth-order valence-electron chi connectivity index (χ4n) is 8.45. The van der Waals surface area contributed by atoms with E-state index in [9.17, 15) is 0 Å². The van der Waals surface area contributed by atoms with E-state index >= 15 is 0 Å². The molecule has 0 amide bonds. The molecule has 0 aliphatic rings. The van der Waals surface area contributed by atoms with Crippen LogP contribution in [0.25, 0.3) is 82.1 Å². The van der Waals surface area contributed by atoms with Gasteiger partial charge >= 0.3 is 0 Å². The van der Waals surface area contributed by atoms with Gasteiger partial charge in [-0.3, -0.25) is 4.99 Å². The van der Waals surface area contributed by atoms with Crippen molar-refractivity contribution in [2.75, 3.05) is 0 Å². The van der Waals surface area contributed by atoms with Gasteiger partial charge in [0.05, 0.1) is 23.3 Å². The van der Waals surface area contributed by atoms with E-state index in [-0.39, 0.29) is 0 Å². The fourth-order valence-corrected chi connectivity index (χ4v) is 8.45. The monoisotopic (exact) mass is 756 g/mol. The molecule has 0 spiro atoms. The van der Waals surface area contributed by atoms with Crippen molar-refractivity contribution in [3.8, 4) is 16.8 Å². The Balaban J connectivity index is 1.02. The summed E-state index contributed by atoms with van der Waals surface area (Å²) < 4.78 is 9.20. The number of hydrogen-bond donors (Lipinski definition) is 0. The van der Waals surface area contributed by atoms with Crippen molar-refractivity contribution < 1.29 is 4.42 Å². The second-order valence-corrected chi connectivity index (χ2v) is 14.9. The number of nitrogens with zero attached hydrogens (tertiary/aromatic N) is 4. The minimum Gasteiger partial charge on any atom is -0.454 e. The molecule has 11 rings (SSSR count). The Morgan fingerprint density at radius 3 is 1.88 bits per heavy atom. The average Bonchev–Trinajstić information content (AvgIpc) is 3.84. The van der Waals surface area contributed by atoms with Crippen LogP contribution < -0.4 is 0 Å². The van der Waals surface area contributed by atoms with Gasteiger partial charge in [-0.05, 0) is 81.4 Å². The van der Waals surface area contributed by atoms with E-state index in [0.29, 0.717) is 18.2 Å². The van der Waals surface area contributed by atoms with E-state index in [0.717, 1.165) is 76.9 Å². The molecule has 0 fully saturated rings. The summed E-state index contributed by atoms with van der Waals surface area (Å²) in [6, 6.07) is 67.9. The Morgan fingerprint density at radius 1 is 0.475 bits per heavy atom. The molecule has 59 heavy (non-hydrogen) atoms. The molecule has 5 heteroatoms. The molecule has 0 N–H and O–H groups in total. The van der Waals surface area contributed by atoms with Gasteiger partial charge in [-0.2, -0.15) is 0 Å². The minimum atomic E-state index is 0.392. The van der Waals surface area contributed by atoms with Gasteiger partial charge < -0.3 is 8.98 Å². The van der Waals surface area contributed by atoms with Gasteiger partial charge in [0.15, 0.2) is 17.3 Å². The lowest BCUT2D eigenvalue weighted by Gasteiger charge is -2.09. The van der Waals surface area contributed by atoms with Crippen LogP contribution in [0.15, 0.2) is 214 Å². The van der Waals surface area contributed by atoms with Crippen molar-refractivity contribution in [2.45, 2.75) is 6.54 Å². The van der Waals surface area contributed by atoms with Gasteiger partial charge in [0.2, 0.25) is 0 Å². The largest absolute Gasteiger partial charge is 0.454 e. The summed E-state index contributed by atoms with van der Waals surface area (Å²) in [7, 11) is 0. The van der Waals surface area contributed by atoms with Crippen LogP contribution in [0.1, 0.15) is 16.7 Å². The molecule has 0 saturated heterocycles. The minimum absolute atomic E-state index is 0.392. The van der Waals surface area contributed by atoms with Crippen molar-refractivity contribution in [1.82, 2.24) is 4.57 Å². The molecule has 0 unspecified atom stereocenters. The third-order valence-electron chi connectivity index (χ3n) is 11.4. The van der Waals surface area contributed by atoms with Crippen molar-refractivity contribution in [3.05, 3.63) is 211 Å². The molecule has 0 bridgehead atoms. The standard InChI is InChI=1S/C54H36N4O/c1-55-53(42-25-23-37-14-5-7-16-39(37)31-42)57-54(43-26-24-38-15-6-8-17-40(38)32-43)56-34-35-22-28-46-47-19-11-21-49(52(47)59-51(46)30-35)58-48-20-10-9-18-44(48)45-29-27-41(33-50(45)58)36-12-3-2-4-13-36/h2-33H,1,34H2. The van der Waals surface area contributed by atoms with Crippen molar-refractivity contribution in [3.63, 3.8) is 0 Å². The zero-order valence-corrected chi connectivity index (χ0v) is 32.1. The number of para-hydroxylation sites is 2. The predicted octanol–water partition coefficient (Wildman–Crippen LogP) is 13.8. The Bertz CT molecular complexity index is 3500. The summed E-state index contributed by atoms with van der Waals surface area (Å²) in [6.07, 6.45) is 0. The molecule has 9 aromatic carbocycles. The quantitative estimate of drug-likeness (QED) is 0.123. The Labute approximate surface area is 340 Å². The maximum atomic E-state index is 6.86. The summed E-state index contributed by atoms with van der Waals surface area (Å²) in [5, 5.41) is 9.07. The second kappa shape index (κ2) is 14.2. The third kappa shape index (κ3) is 6.08. The third-order valence-corrected chi connectivity index (χ3v) is 11.4. The zero-order valence-electron chi connectivity index (χ0n) is 32.1. The average molecular weight is 757 g/mol. The van der Waals surface area contributed by atoms with Crippen molar-refractivity contribution >= 4 is 83.7 Å². The second-order valence-electron chi connectivity index (χ2n) is 14.9. The number of aliphatic imine (C=N–C) groups is 3. The lowest BCUT2D eigenvalue weighted by molar-refractivity contribution is 0.665. The zero-order chi connectivity index (χ0) is 39.3. The summed E-state index contributed by atoms with van der Waals surface area (Å²) >= 11 is 0. The maximum absolute atomic E-state index is 6.86. The highest BCUT2D eigenvalue weighted by molar-refractivity contribution is 6.15. The Hall–Kier alpha value is -7.89. The summed E-state index contributed by atoms with van der Waals surface area (Å²) in [4.78, 5) is 14.7. The van der Waals surface area contributed by atoms with Gasteiger partial charge in [0.25, 0.3) is 0 Å². The van der Waals surface area contributed by atoms with E-state index in [4.69, 9.17) is 14.4 Å². The van der Waals surface area contributed by atoms with Gasteiger partial charge in [0, 0.05) is 32.7 Å². The predicted molar refractivity (Wildman–Crippen MR) is 248 cm³/mol. The summed E-state index contributed by atoms with van der Waals surface area (Å²) in [6.45, 7) is 4.31. The number of aromatic nitrogens is 1. The van der Waals surface area contributed by atoms with Gasteiger partial charge in [0.1, 0.15) is 5.58 Å². The number of rotatable bonds is 6. The smallest absolute Gasteiger partial charge is 0.161 e. The molecule has 0 radical (unpaired) electrons. The topological polar surface area (TPSA) is 55.1 Å². The molecule has 2 heterocycles. The SMILES string of the molecule is C=NC(=NC(=NCc1ccc2c(c1)oc1c(-n3c4ccccc4c4ccc(-c5ccccc5)cc43)cccc12)c1ccc2ccccc2c1)c1ccc2ccccc2c1. The first kappa shape index (κ1) is 34.4. The molecule has 5 nitrogen and oxygen atoms in total. The number of hydrogen-bond acceptors (Lipinski definition) is 2. The van der Waals surface area contributed by atoms with Gasteiger partial charge in [-0.1, -0.05) is 158 Å². The maximum Gasteiger partial charge on any atom is 0.161 e. The molecular formula is C54H36N4O. The van der Waals surface area contributed by atoms with E-state index in [1.54, 1.807) is 0 Å². The molecule has 0 saturated carbocycles. The summed E-state index contributed by atoms with van der Waals surface area (Å²) in [5.74, 6) is 1.10. The number of amidine groups is 2. The van der Waals surface area contributed by atoms with Gasteiger partial charge in [-0.25, -0.2) is 9.98 Å². The van der Waals surface area contributed by atoms with Crippen molar-refractivity contribution in [1.29, 1.82) is 0 Å². The molecule has 0 aliphatic carbocycles. The van der Waals surface area contributed by atoms with E-state index in [2.05, 4.69) is 192 Å². The van der Waals surface area contributed by atoms with Crippen LogP contribution in [0.4, 0.5) is 0 Å². The number of benzene rings is 9. The lowest BCUT2D eigenvalue weighted by atomic mass is 10.0. The molecule has 2 aromatic heterocycles. The van der Waals surface area contributed by atoms with E-state index < -0.39 is 0 Å². The van der Waals surface area contributed by atoms with Crippen LogP contribution in [-0.4, -0.2) is 23.0 Å². The van der Waals surface area contributed by atoms with Crippen LogP contribution in [0, 0.1) is 0 Å². The Kier molecular flexibility index (Phi) is 8.30. The van der Waals surface area contributed by atoms with Crippen molar-refractivity contribution in [2.24, 2.45) is 15.0 Å². The van der Waals surface area contributed by atoms with E-state index in [1.807, 2.05) is 18.2 Å². The fraction of sp³-hybridized carbons (Fsp3) is 0.0185. The van der Waals surface area contributed by atoms with Crippen LogP contribution in [0.2, 0.25) is 0 Å². The van der Waals surface area contributed by atoms with E-state index in [1.165, 1.54) is 21.9 Å². The molecular weight excluding hydrogens is 721 g/mol. The highest BCUT2D eigenvalue weighted by atomic mass is 16.3. The lowest BCUT2D eigenvalue weighted by Crippen LogP contribution is -2.05. The Morgan fingerprint density at radius 2 is 1.12 bits per heavy atom. The summed E-state index contributed by atoms with van der Waals surface area (Å²) in [5.41, 5.74) is 10.1. The highest BCUT2D eigenvalue weighted by Gasteiger charge is 2.19.